The van der Waals surface area contributed by atoms with Crippen LogP contribution in [0.3, 0.4) is 0 Å². The lowest BCUT2D eigenvalue weighted by Crippen LogP contribution is -2.31. The van der Waals surface area contributed by atoms with Gasteiger partial charge in [0.2, 0.25) is 0 Å². The van der Waals surface area contributed by atoms with E-state index in [9.17, 15) is 0 Å². The van der Waals surface area contributed by atoms with Gasteiger partial charge in [-0.2, -0.15) is 0 Å². The van der Waals surface area contributed by atoms with E-state index in [1.165, 1.54) is 47.7 Å². The summed E-state index contributed by atoms with van der Waals surface area (Å²) in [5.74, 6) is 1.66. The quantitative estimate of drug-likeness (QED) is 0.550. The topological polar surface area (TPSA) is 26.6 Å². The second-order valence-corrected chi connectivity index (χ2v) is 8.69. The second kappa shape index (κ2) is 7.99. The van der Waals surface area contributed by atoms with Crippen LogP contribution in [-0.4, -0.2) is 29.7 Å². The van der Waals surface area contributed by atoms with Crippen molar-refractivity contribution in [2.45, 2.75) is 58.7 Å². The van der Waals surface area contributed by atoms with E-state index in [4.69, 9.17) is 9.47 Å². The molecule has 0 amide bonds. The first-order valence-corrected chi connectivity index (χ1v) is 11.3. The summed E-state index contributed by atoms with van der Waals surface area (Å²) in [7, 11) is 1.70. The lowest BCUT2D eigenvalue weighted by atomic mass is 9.90. The Bertz CT molecular complexity index is 1060. The molecule has 0 radical (unpaired) electrons. The van der Waals surface area contributed by atoms with Crippen molar-refractivity contribution in [1.82, 2.24) is 9.47 Å². The molecule has 3 aromatic rings. The molecule has 1 atom stereocenters. The summed E-state index contributed by atoms with van der Waals surface area (Å²) in [4.78, 5) is 2.70. The highest BCUT2D eigenvalue weighted by Crippen LogP contribution is 2.43. The monoisotopic (exact) mass is 404 g/mol. The molecule has 1 aliphatic carbocycles. The van der Waals surface area contributed by atoms with Crippen LogP contribution in [0.4, 0.5) is 0 Å². The predicted molar refractivity (Wildman–Crippen MR) is 122 cm³/mol. The van der Waals surface area contributed by atoms with Crippen LogP contribution in [0.2, 0.25) is 0 Å². The largest absolute Gasteiger partial charge is 0.493 e. The Balaban J connectivity index is 1.52. The van der Waals surface area contributed by atoms with Gasteiger partial charge in [-0.25, -0.2) is 0 Å². The number of ether oxygens (including phenoxy) is 2. The minimum atomic E-state index is 0.501. The van der Waals surface area contributed by atoms with Crippen LogP contribution < -0.4 is 9.47 Å². The molecular weight excluding hydrogens is 372 g/mol. The third kappa shape index (κ3) is 3.27. The average molecular weight is 405 g/mol. The van der Waals surface area contributed by atoms with Gasteiger partial charge in [0.1, 0.15) is 0 Å². The van der Waals surface area contributed by atoms with Gasteiger partial charge in [-0.05, 0) is 74.9 Å². The van der Waals surface area contributed by atoms with E-state index < -0.39 is 0 Å². The number of hydrogen-bond donors (Lipinski definition) is 0. The number of aryl methyl sites for hydroxylation is 3. The summed E-state index contributed by atoms with van der Waals surface area (Å²) < 4.78 is 13.9. The molecule has 1 aromatic heterocycles. The van der Waals surface area contributed by atoms with E-state index in [0.717, 1.165) is 31.1 Å². The minimum Gasteiger partial charge on any atom is -0.493 e. The molecule has 158 valence electrons. The van der Waals surface area contributed by atoms with Gasteiger partial charge in [-0.15, -0.1) is 0 Å². The molecule has 0 bridgehead atoms. The molecule has 30 heavy (non-hydrogen) atoms. The van der Waals surface area contributed by atoms with Gasteiger partial charge in [0.25, 0.3) is 0 Å². The molecule has 5 rings (SSSR count). The van der Waals surface area contributed by atoms with Crippen molar-refractivity contribution in [3.63, 3.8) is 0 Å². The molecule has 2 heterocycles. The Labute approximate surface area is 179 Å². The molecule has 0 spiro atoms. The number of aromatic nitrogens is 1. The van der Waals surface area contributed by atoms with Crippen molar-refractivity contribution >= 4 is 10.9 Å². The maximum absolute atomic E-state index is 5.83. The van der Waals surface area contributed by atoms with Crippen molar-refractivity contribution < 1.29 is 9.47 Å². The number of methoxy groups -OCH3 is 1. The fraction of sp³-hybridized carbons (Fsp3) is 0.462. The number of hydrogen-bond acceptors (Lipinski definition) is 3. The van der Waals surface area contributed by atoms with Crippen molar-refractivity contribution in [3.8, 4) is 11.5 Å². The molecule has 0 saturated heterocycles. The van der Waals surface area contributed by atoms with Crippen molar-refractivity contribution in [2.75, 3.05) is 20.3 Å². The highest BCUT2D eigenvalue weighted by molar-refractivity contribution is 5.87. The summed E-state index contributed by atoms with van der Waals surface area (Å²) in [6.07, 6.45) is 4.92. The van der Waals surface area contributed by atoms with Crippen LogP contribution in [0.1, 0.15) is 54.6 Å². The van der Waals surface area contributed by atoms with Gasteiger partial charge in [0.05, 0.1) is 19.8 Å². The Morgan fingerprint density at radius 1 is 1.03 bits per heavy atom. The number of rotatable bonds is 5. The molecule has 2 aliphatic rings. The molecule has 1 aliphatic heterocycles. The van der Waals surface area contributed by atoms with Crippen LogP contribution in [0.15, 0.2) is 36.4 Å². The molecule has 0 unspecified atom stereocenters. The lowest BCUT2D eigenvalue weighted by molar-refractivity contribution is 0.173. The number of benzene rings is 2. The summed E-state index contributed by atoms with van der Waals surface area (Å²) >= 11 is 0. The smallest absolute Gasteiger partial charge is 0.161 e. The van der Waals surface area contributed by atoms with Gasteiger partial charge in [-0.3, -0.25) is 4.90 Å². The molecule has 0 N–H and O–H groups in total. The van der Waals surface area contributed by atoms with Gasteiger partial charge in [-0.1, -0.05) is 17.7 Å². The first-order chi connectivity index (χ1) is 14.7. The van der Waals surface area contributed by atoms with Crippen molar-refractivity contribution in [1.29, 1.82) is 0 Å². The third-order valence-corrected chi connectivity index (χ3v) is 6.77. The predicted octanol–water partition coefficient (Wildman–Crippen LogP) is 5.64. The Morgan fingerprint density at radius 3 is 2.77 bits per heavy atom. The van der Waals surface area contributed by atoms with Crippen molar-refractivity contribution in [3.05, 3.63) is 58.8 Å². The minimum absolute atomic E-state index is 0.501. The van der Waals surface area contributed by atoms with E-state index in [0.29, 0.717) is 12.6 Å². The summed E-state index contributed by atoms with van der Waals surface area (Å²) in [6.45, 7) is 8.08. The lowest BCUT2D eigenvalue weighted by Gasteiger charge is -2.34. The highest BCUT2D eigenvalue weighted by Gasteiger charge is 2.33. The van der Waals surface area contributed by atoms with Gasteiger partial charge < -0.3 is 14.0 Å². The molecular formula is C26H32N2O2. The maximum atomic E-state index is 5.83. The molecule has 0 fully saturated rings. The second-order valence-electron chi connectivity index (χ2n) is 8.69. The van der Waals surface area contributed by atoms with Crippen LogP contribution >= 0.6 is 0 Å². The zero-order valence-corrected chi connectivity index (χ0v) is 18.4. The van der Waals surface area contributed by atoms with Gasteiger partial charge in [0.15, 0.2) is 11.5 Å². The van der Waals surface area contributed by atoms with Crippen LogP contribution in [0, 0.1) is 6.92 Å². The Hall–Kier alpha value is -2.46. The molecule has 2 aromatic carbocycles. The molecule has 4 nitrogen and oxygen atoms in total. The molecule has 0 saturated carbocycles. The Kier molecular flexibility index (Phi) is 5.20. The van der Waals surface area contributed by atoms with Crippen LogP contribution in [0.25, 0.3) is 10.9 Å². The SMILES string of the molecule is CCOc1cc(CN2CCCn3c4c(c5cc(C)ccc53)CCC[C@H]42)ccc1OC. The van der Waals surface area contributed by atoms with Gasteiger partial charge >= 0.3 is 0 Å². The average Bonchev–Trinajstić information content (AvgIpc) is 2.94. The zero-order valence-electron chi connectivity index (χ0n) is 18.4. The van der Waals surface area contributed by atoms with E-state index >= 15 is 0 Å². The van der Waals surface area contributed by atoms with Crippen LogP contribution in [0.5, 0.6) is 11.5 Å². The normalized spacial score (nSPS) is 18.8. The van der Waals surface area contributed by atoms with E-state index in [2.05, 4.69) is 46.7 Å². The fourth-order valence-electron chi connectivity index (χ4n) is 5.51. The zero-order chi connectivity index (χ0) is 20.7. The highest BCUT2D eigenvalue weighted by atomic mass is 16.5. The van der Waals surface area contributed by atoms with Gasteiger partial charge in [0, 0.05) is 36.2 Å². The fourth-order valence-corrected chi connectivity index (χ4v) is 5.51. The van der Waals surface area contributed by atoms with E-state index in [1.54, 1.807) is 18.4 Å². The summed E-state index contributed by atoms with van der Waals surface area (Å²) in [6, 6.07) is 13.9. The first-order valence-electron chi connectivity index (χ1n) is 11.3. The van der Waals surface area contributed by atoms with E-state index in [-0.39, 0.29) is 0 Å². The maximum Gasteiger partial charge on any atom is 0.161 e. The standard InChI is InChI=1S/C26H32N2O2/c1-4-30-25-16-19(10-12-24(25)29-3)17-27-13-6-14-28-22-11-9-18(2)15-21(22)20-7-5-8-23(27)26(20)28/h9-12,15-16,23H,4-8,13-14,17H2,1-3H3/t23-/m1/s1. The van der Waals surface area contributed by atoms with Crippen molar-refractivity contribution in [2.24, 2.45) is 0 Å². The Morgan fingerprint density at radius 2 is 1.93 bits per heavy atom. The first kappa shape index (κ1) is 19.5. The summed E-state index contributed by atoms with van der Waals surface area (Å²) in [5.41, 5.74) is 7.27. The third-order valence-electron chi connectivity index (χ3n) is 6.77. The molecule has 4 heteroatoms. The summed E-state index contributed by atoms with van der Waals surface area (Å²) in [5, 5.41) is 1.49. The van der Waals surface area contributed by atoms with Crippen LogP contribution in [-0.2, 0) is 19.5 Å². The number of fused-ring (bicyclic) bond motifs is 3. The van der Waals surface area contributed by atoms with E-state index in [1.807, 2.05) is 13.0 Å². The number of nitrogens with zero attached hydrogens (tertiary/aromatic N) is 2.